The minimum atomic E-state index is -1.03. The van der Waals surface area contributed by atoms with Crippen molar-refractivity contribution in [2.75, 3.05) is 38.0 Å². The summed E-state index contributed by atoms with van der Waals surface area (Å²) in [5, 5.41) is 24.0. The van der Waals surface area contributed by atoms with Gasteiger partial charge in [0.1, 0.15) is 24.6 Å². The SMILES string of the molecule is NCCCCNc1ncnc2c1ncn2[C@@H]1O[C@H](CN2CC2)C(O)C1O. The van der Waals surface area contributed by atoms with Crippen molar-refractivity contribution in [2.45, 2.75) is 37.4 Å². The second kappa shape index (κ2) is 7.41. The van der Waals surface area contributed by atoms with E-state index >= 15 is 0 Å². The number of hydrogen-bond donors (Lipinski definition) is 4. The zero-order valence-electron chi connectivity index (χ0n) is 14.5. The smallest absolute Gasteiger partial charge is 0.167 e. The molecule has 2 aromatic heterocycles. The summed E-state index contributed by atoms with van der Waals surface area (Å²) in [6.07, 6.45) is 1.79. The third kappa shape index (κ3) is 3.38. The molecule has 2 aliphatic heterocycles. The van der Waals surface area contributed by atoms with Crippen molar-refractivity contribution >= 4 is 17.0 Å². The van der Waals surface area contributed by atoms with E-state index in [4.69, 9.17) is 10.5 Å². The molecule has 0 aliphatic carbocycles. The van der Waals surface area contributed by atoms with Gasteiger partial charge in [0, 0.05) is 26.2 Å². The summed E-state index contributed by atoms with van der Waals surface area (Å²) in [5.41, 5.74) is 6.68. The summed E-state index contributed by atoms with van der Waals surface area (Å²) >= 11 is 0. The monoisotopic (exact) mass is 363 g/mol. The molecule has 0 radical (unpaired) electrons. The molecule has 10 nitrogen and oxygen atoms in total. The number of aliphatic hydroxyl groups excluding tert-OH is 2. The van der Waals surface area contributed by atoms with Crippen molar-refractivity contribution in [1.29, 1.82) is 0 Å². The van der Waals surface area contributed by atoms with Crippen LogP contribution in [-0.4, -0.2) is 85.7 Å². The van der Waals surface area contributed by atoms with Crippen LogP contribution < -0.4 is 11.1 Å². The minimum Gasteiger partial charge on any atom is -0.387 e. The highest BCUT2D eigenvalue weighted by Gasteiger charge is 2.45. The first kappa shape index (κ1) is 17.6. The van der Waals surface area contributed by atoms with Gasteiger partial charge >= 0.3 is 0 Å². The maximum atomic E-state index is 10.4. The summed E-state index contributed by atoms with van der Waals surface area (Å²) in [6.45, 7) is 4.04. The molecule has 4 rings (SSSR count). The normalized spacial score (nSPS) is 28.7. The molecule has 2 aliphatic rings. The van der Waals surface area contributed by atoms with Gasteiger partial charge in [-0.3, -0.25) is 9.47 Å². The van der Waals surface area contributed by atoms with Gasteiger partial charge in [-0.25, -0.2) is 15.0 Å². The molecule has 2 fully saturated rings. The number of anilines is 1. The van der Waals surface area contributed by atoms with Crippen LogP contribution in [0.25, 0.3) is 11.2 Å². The first-order chi connectivity index (χ1) is 12.7. The number of hydrogen-bond acceptors (Lipinski definition) is 9. The van der Waals surface area contributed by atoms with Crippen LogP contribution in [0.5, 0.6) is 0 Å². The predicted octanol–water partition coefficient (Wildman–Crippen LogP) is -1.09. The minimum absolute atomic E-state index is 0.425. The van der Waals surface area contributed by atoms with Crippen LogP contribution in [0.1, 0.15) is 19.1 Å². The maximum Gasteiger partial charge on any atom is 0.167 e. The maximum absolute atomic E-state index is 10.4. The standard InChI is InChI=1S/C16H25N7O3/c17-3-1-2-4-18-14-11-15(20-8-19-14)23(9-21-11)16-13(25)12(24)10(26-16)7-22-5-6-22/h8-10,12-13,16,24-25H,1-7,17H2,(H,18,19,20)/t10-,12?,13?,16-/m1/s1. The highest BCUT2D eigenvalue weighted by Crippen LogP contribution is 2.33. The first-order valence-corrected chi connectivity index (χ1v) is 9.04. The lowest BCUT2D eigenvalue weighted by Crippen LogP contribution is -2.35. The fourth-order valence-electron chi connectivity index (χ4n) is 3.26. The van der Waals surface area contributed by atoms with Gasteiger partial charge in [0.25, 0.3) is 0 Å². The fraction of sp³-hybridized carbons (Fsp3) is 0.688. The van der Waals surface area contributed by atoms with E-state index < -0.39 is 24.5 Å². The van der Waals surface area contributed by atoms with Crippen LogP contribution in [0.4, 0.5) is 5.82 Å². The molecule has 26 heavy (non-hydrogen) atoms. The predicted molar refractivity (Wildman–Crippen MR) is 94.5 cm³/mol. The number of aliphatic hydroxyl groups is 2. The quantitative estimate of drug-likeness (QED) is 0.341. The van der Waals surface area contributed by atoms with Gasteiger partial charge in [-0.15, -0.1) is 0 Å². The number of nitrogens with zero attached hydrogens (tertiary/aromatic N) is 5. The summed E-state index contributed by atoms with van der Waals surface area (Å²) in [6, 6.07) is 0. The van der Waals surface area contributed by atoms with E-state index in [-0.39, 0.29) is 0 Å². The molecule has 0 amide bonds. The molecule has 5 N–H and O–H groups in total. The van der Waals surface area contributed by atoms with Gasteiger partial charge in [-0.1, -0.05) is 0 Å². The lowest BCUT2D eigenvalue weighted by molar-refractivity contribution is -0.0375. The highest BCUT2D eigenvalue weighted by molar-refractivity contribution is 5.82. The lowest BCUT2D eigenvalue weighted by Gasteiger charge is -2.16. The van der Waals surface area contributed by atoms with Crippen LogP contribution in [-0.2, 0) is 4.74 Å². The Kier molecular flexibility index (Phi) is 5.00. The molecular formula is C16H25N7O3. The topological polar surface area (TPSA) is 134 Å². The third-order valence-electron chi connectivity index (χ3n) is 4.87. The van der Waals surface area contributed by atoms with E-state index in [0.29, 0.717) is 30.1 Å². The third-order valence-corrected chi connectivity index (χ3v) is 4.87. The van der Waals surface area contributed by atoms with E-state index in [9.17, 15) is 10.2 Å². The van der Waals surface area contributed by atoms with Gasteiger partial charge in [-0.05, 0) is 19.4 Å². The number of ether oxygens (including phenoxy) is 1. The summed E-state index contributed by atoms with van der Waals surface area (Å²) < 4.78 is 7.59. The zero-order valence-corrected chi connectivity index (χ0v) is 14.5. The second-order valence-corrected chi connectivity index (χ2v) is 6.82. The average Bonchev–Trinajstić information content (AvgIpc) is 3.30. The Morgan fingerprint density at radius 3 is 2.81 bits per heavy atom. The van der Waals surface area contributed by atoms with Gasteiger partial charge in [-0.2, -0.15) is 0 Å². The lowest BCUT2D eigenvalue weighted by atomic mass is 10.1. The summed E-state index contributed by atoms with van der Waals surface area (Å²) in [4.78, 5) is 15.1. The van der Waals surface area contributed by atoms with E-state index in [1.54, 1.807) is 10.9 Å². The van der Waals surface area contributed by atoms with E-state index in [0.717, 1.165) is 32.5 Å². The molecule has 142 valence electrons. The number of nitrogens with two attached hydrogens (primary N) is 1. The summed E-state index contributed by atoms with van der Waals surface area (Å²) in [5.74, 6) is 0.638. The van der Waals surface area contributed by atoms with Crippen LogP contribution in [0.3, 0.4) is 0 Å². The fourth-order valence-corrected chi connectivity index (χ4v) is 3.26. The molecule has 2 unspecified atom stereocenters. The van der Waals surface area contributed by atoms with E-state index in [1.807, 2.05) is 0 Å². The van der Waals surface area contributed by atoms with Crippen LogP contribution >= 0.6 is 0 Å². The molecule has 0 aromatic carbocycles. The molecular weight excluding hydrogens is 338 g/mol. The van der Waals surface area contributed by atoms with Crippen molar-refractivity contribution in [3.63, 3.8) is 0 Å². The van der Waals surface area contributed by atoms with Crippen molar-refractivity contribution in [1.82, 2.24) is 24.4 Å². The van der Waals surface area contributed by atoms with Crippen LogP contribution in [0, 0.1) is 0 Å². The number of nitrogens with one attached hydrogen (secondary N) is 1. The average molecular weight is 363 g/mol. The number of rotatable bonds is 8. The Morgan fingerprint density at radius 2 is 2.04 bits per heavy atom. The number of unbranched alkanes of at least 4 members (excludes halogenated alkanes) is 1. The van der Waals surface area contributed by atoms with Crippen LogP contribution in [0.2, 0.25) is 0 Å². The Morgan fingerprint density at radius 1 is 1.19 bits per heavy atom. The van der Waals surface area contributed by atoms with Crippen molar-refractivity contribution < 1.29 is 14.9 Å². The Balaban J connectivity index is 1.53. The molecule has 0 spiro atoms. The van der Waals surface area contributed by atoms with Crippen molar-refractivity contribution in [3.05, 3.63) is 12.7 Å². The van der Waals surface area contributed by atoms with Gasteiger partial charge in [0.05, 0.1) is 6.33 Å². The van der Waals surface area contributed by atoms with Gasteiger partial charge in [0.15, 0.2) is 23.2 Å². The molecule has 0 bridgehead atoms. The number of aromatic nitrogens is 4. The molecule has 10 heteroatoms. The Bertz CT molecular complexity index is 751. The Labute approximate surface area is 151 Å². The highest BCUT2D eigenvalue weighted by atomic mass is 16.6. The molecule has 0 saturated carbocycles. The largest absolute Gasteiger partial charge is 0.387 e. The second-order valence-electron chi connectivity index (χ2n) is 6.82. The van der Waals surface area contributed by atoms with Gasteiger partial charge < -0.3 is 26.0 Å². The van der Waals surface area contributed by atoms with Crippen molar-refractivity contribution in [3.8, 4) is 0 Å². The van der Waals surface area contributed by atoms with Crippen LogP contribution in [0.15, 0.2) is 12.7 Å². The molecule has 2 saturated heterocycles. The molecule has 2 aromatic rings. The molecule has 4 heterocycles. The number of fused-ring (bicyclic) bond motifs is 1. The molecule has 4 atom stereocenters. The van der Waals surface area contributed by atoms with Crippen molar-refractivity contribution in [2.24, 2.45) is 5.73 Å². The summed E-state index contributed by atoms with van der Waals surface area (Å²) in [7, 11) is 0. The van der Waals surface area contributed by atoms with E-state index in [1.165, 1.54) is 6.33 Å². The first-order valence-electron chi connectivity index (χ1n) is 9.04. The van der Waals surface area contributed by atoms with Gasteiger partial charge in [0.2, 0.25) is 0 Å². The zero-order chi connectivity index (χ0) is 18.1. The van der Waals surface area contributed by atoms with E-state index in [2.05, 4.69) is 25.2 Å². The number of imidazole rings is 1. The Hall–Kier alpha value is -1.85.